The molecule has 2 unspecified atom stereocenters. The molecule has 1 aliphatic carbocycles. The van der Waals surface area contributed by atoms with Crippen molar-refractivity contribution < 1.29 is 19.2 Å². The van der Waals surface area contributed by atoms with Gasteiger partial charge in [0.05, 0.1) is 18.9 Å². The molecule has 7 rings (SSSR count). The summed E-state index contributed by atoms with van der Waals surface area (Å²) < 4.78 is 14.1. The number of benzene rings is 1. The zero-order chi connectivity index (χ0) is 25.1. The van der Waals surface area contributed by atoms with Crippen LogP contribution in [0.5, 0.6) is 0 Å². The quantitative estimate of drug-likeness (QED) is 0.355. The van der Waals surface area contributed by atoms with E-state index in [9.17, 15) is 9.90 Å². The zero-order valence-electron chi connectivity index (χ0n) is 20.8. The molecule has 0 spiro atoms. The predicted molar refractivity (Wildman–Crippen MR) is 138 cm³/mol. The molecule has 0 amide bonds. The zero-order valence-corrected chi connectivity index (χ0v) is 20.8. The molecule has 8 heteroatoms. The van der Waals surface area contributed by atoms with Crippen LogP contribution in [0.4, 0.5) is 5.69 Å². The topological polar surface area (TPSA) is 93.1 Å². The molecule has 0 radical (unpaired) electrons. The van der Waals surface area contributed by atoms with Gasteiger partial charge >= 0.3 is 5.97 Å². The van der Waals surface area contributed by atoms with Gasteiger partial charge in [-0.15, -0.1) is 0 Å². The van der Waals surface area contributed by atoms with Crippen molar-refractivity contribution in [1.29, 1.82) is 0 Å². The molecular formula is C29H30N4O4. The first-order valence-electron chi connectivity index (χ1n) is 13.2. The molecule has 3 fully saturated rings. The molecule has 2 bridgehead atoms. The Bertz CT molecular complexity index is 1470. The molecule has 1 aromatic carbocycles. The Morgan fingerprint density at radius 1 is 1.14 bits per heavy atom. The fraction of sp³-hybridized carbons (Fsp3) is 0.414. The summed E-state index contributed by atoms with van der Waals surface area (Å²) in [4.78, 5) is 18.3. The van der Waals surface area contributed by atoms with Crippen LogP contribution in [0.25, 0.3) is 16.9 Å². The number of fused-ring (bicyclic) bond motifs is 3. The third kappa shape index (κ3) is 3.91. The van der Waals surface area contributed by atoms with Crippen molar-refractivity contribution in [3.63, 3.8) is 0 Å². The molecule has 4 aromatic rings. The number of hydrogen-bond donors (Lipinski definition) is 1. The smallest absolute Gasteiger partial charge is 0.354 e. The van der Waals surface area contributed by atoms with E-state index < -0.39 is 5.97 Å². The third-order valence-corrected chi connectivity index (χ3v) is 8.33. The van der Waals surface area contributed by atoms with Gasteiger partial charge in [-0.25, -0.2) is 9.78 Å². The maximum atomic E-state index is 11.4. The molecule has 5 heterocycles. The average Bonchev–Trinajstić information content (AvgIpc) is 3.41. The molecule has 2 saturated heterocycles. The Kier molecular flexibility index (Phi) is 5.32. The number of nitrogens with zero attached hydrogens (tertiary/aromatic N) is 4. The van der Waals surface area contributed by atoms with Crippen molar-refractivity contribution >= 4 is 17.3 Å². The van der Waals surface area contributed by atoms with Crippen molar-refractivity contribution in [3.8, 4) is 11.3 Å². The predicted octanol–water partition coefficient (Wildman–Crippen LogP) is 5.59. The summed E-state index contributed by atoms with van der Waals surface area (Å²) in [5.41, 5.74) is 6.30. The molecule has 37 heavy (non-hydrogen) atoms. The second-order valence-corrected chi connectivity index (χ2v) is 10.7. The highest BCUT2D eigenvalue weighted by Gasteiger charge is 2.42. The van der Waals surface area contributed by atoms with E-state index in [1.807, 2.05) is 18.3 Å². The second-order valence-electron chi connectivity index (χ2n) is 10.7. The van der Waals surface area contributed by atoms with Crippen LogP contribution in [0.3, 0.4) is 0 Å². The fourth-order valence-electron chi connectivity index (χ4n) is 6.35. The number of aromatic carboxylic acids is 1. The van der Waals surface area contributed by atoms with Gasteiger partial charge in [-0.1, -0.05) is 29.4 Å². The van der Waals surface area contributed by atoms with Crippen LogP contribution in [0.2, 0.25) is 0 Å². The van der Waals surface area contributed by atoms with Crippen molar-refractivity contribution in [3.05, 3.63) is 71.4 Å². The molecule has 8 nitrogen and oxygen atoms in total. The average molecular weight is 499 g/mol. The number of rotatable bonds is 7. The summed E-state index contributed by atoms with van der Waals surface area (Å²) in [7, 11) is 0. The highest BCUT2D eigenvalue weighted by Crippen LogP contribution is 2.45. The van der Waals surface area contributed by atoms with E-state index in [0.717, 1.165) is 66.8 Å². The summed E-state index contributed by atoms with van der Waals surface area (Å²) in [5.74, 6) is 0.509. The van der Waals surface area contributed by atoms with Crippen molar-refractivity contribution in [2.24, 2.45) is 0 Å². The van der Waals surface area contributed by atoms with Crippen molar-refractivity contribution in [1.82, 2.24) is 14.5 Å². The van der Waals surface area contributed by atoms with E-state index in [4.69, 9.17) is 9.26 Å². The van der Waals surface area contributed by atoms with Crippen LogP contribution in [0.15, 0.2) is 53.3 Å². The maximum Gasteiger partial charge on any atom is 0.354 e. The summed E-state index contributed by atoms with van der Waals surface area (Å²) >= 11 is 0. The summed E-state index contributed by atoms with van der Waals surface area (Å²) in [5, 5.41) is 13.9. The Morgan fingerprint density at radius 2 is 1.92 bits per heavy atom. The first kappa shape index (κ1) is 22.5. The number of aromatic nitrogens is 3. The Labute approximate surface area is 214 Å². The number of pyridine rings is 1. The summed E-state index contributed by atoms with van der Waals surface area (Å²) in [6.45, 7) is 2.64. The largest absolute Gasteiger partial charge is 0.477 e. The van der Waals surface area contributed by atoms with Gasteiger partial charge < -0.3 is 19.3 Å². The van der Waals surface area contributed by atoms with Crippen molar-refractivity contribution in [2.45, 2.75) is 76.2 Å². The van der Waals surface area contributed by atoms with Gasteiger partial charge in [-0.05, 0) is 57.1 Å². The number of carboxylic acid groups (broad SMARTS) is 1. The second kappa shape index (κ2) is 8.73. The Morgan fingerprint density at radius 3 is 2.65 bits per heavy atom. The molecule has 3 aromatic heterocycles. The van der Waals surface area contributed by atoms with Gasteiger partial charge in [-0.3, -0.25) is 4.40 Å². The molecule has 2 aliphatic heterocycles. The monoisotopic (exact) mass is 498 g/mol. The third-order valence-electron chi connectivity index (χ3n) is 8.33. The Hall–Kier alpha value is -3.65. The van der Waals surface area contributed by atoms with Gasteiger partial charge in [0, 0.05) is 47.1 Å². The van der Waals surface area contributed by atoms with Gasteiger partial charge in [0.1, 0.15) is 17.1 Å². The first-order valence-corrected chi connectivity index (χ1v) is 13.2. The lowest BCUT2D eigenvalue weighted by atomic mass is 9.98. The lowest BCUT2D eigenvalue weighted by molar-refractivity contribution is 0.0147. The molecular weight excluding hydrogens is 468 g/mol. The highest BCUT2D eigenvalue weighted by atomic mass is 16.5. The number of carbonyl (C=O) groups is 1. The minimum atomic E-state index is -0.971. The van der Waals surface area contributed by atoms with Crippen LogP contribution in [-0.4, -0.2) is 43.8 Å². The molecule has 3 atom stereocenters. The van der Waals surface area contributed by atoms with Crippen LogP contribution in [0, 0.1) is 6.92 Å². The van der Waals surface area contributed by atoms with E-state index in [-0.39, 0.29) is 11.8 Å². The number of imidazole rings is 1. The molecule has 1 N–H and O–H groups in total. The standard InChI is InChI=1S/C29H30N4O4/c1-17-4-2-3-5-23(17)27-24(28(37-31-27)18-6-7-18)16-36-22-12-19-8-9-20(13-22)33(19)21-10-11-32-25(29(34)35)15-30-26(32)14-21/h2-5,10-11,14-15,18-20,22H,6-9,12-13,16H2,1H3,(H,34,35)/t19-,20?,22?/m0/s1. The fourth-order valence-corrected chi connectivity index (χ4v) is 6.35. The minimum Gasteiger partial charge on any atom is -0.477 e. The highest BCUT2D eigenvalue weighted by molar-refractivity contribution is 5.86. The lowest BCUT2D eigenvalue weighted by Gasteiger charge is -2.40. The maximum absolute atomic E-state index is 11.4. The van der Waals surface area contributed by atoms with Gasteiger partial charge in [0.25, 0.3) is 0 Å². The van der Waals surface area contributed by atoms with Gasteiger partial charge in [-0.2, -0.15) is 0 Å². The number of piperidine rings is 1. The van der Waals surface area contributed by atoms with E-state index >= 15 is 0 Å². The van der Waals surface area contributed by atoms with Crippen LogP contribution in [-0.2, 0) is 11.3 Å². The van der Waals surface area contributed by atoms with Crippen molar-refractivity contribution in [2.75, 3.05) is 4.90 Å². The van der Waals surface area contributed by atoms with Crippen LogP contribution in [0.1, 0.15) is 71.8 Å². The lowest BCUT2D eigenvalue weighted by Crippen LogP contribution is -2.45. The van der Waals surface area contributed by atoms with Gasteiger partial charge in [0.15, 0.2) is 5.69 Å². The summed E-state index contributed by atoms with van der Waals surface area (Å²) in [6.07, 6.45) is 9.97. The number of ether oxygens (including phenoxy) is 1. The normalized spacial score (nSPS) is 23.2. The van der Waals surface area contributed by atoms with Crippen LogP contribution >= 0.6 is 0 Å². The minimum absolute atomic E-state index is 0.181. The Balaban J connectivity index is 1.09. The first-order chi connectivity index (χ1) is 18.1. The number of carboxylic acids is 1. The van der Waals surface area contributed by atoms with E-state index in [2.05, 4.69) is 46.2 Å². The summed E-state index contributed by atoms with van der Waals surface area (Å²) in [6, 6.07) is 13.2. The number of anilines is 1. The molecule has 190 valence electrons. The van der Waals surface area contributed by atoms with E-state index in [1.54, 1.807) is 4.40 Å². The van der Waals surface area contributed by atoms with Gasteiger partial charge in [0.2, 0.25) is 0 Å². The van der Waals surface area contributed by atoms with E-state index in [1.165, 1.54) is 11.8 Å². The SMILES string of the molecule is Cc1ccccc1-c1noc(C2CC2)c1COC1CC2CC[C@@H](C1)N2c1ccn2c(C(=O)O)cnc2c1. The molecule has 1 saturated carbocycles. The number of hydrogen-bond acceptors (Lipinski definition) is 6. The van der Waals surface area contributed by atoms with Crippen LogP contribution < -0.4 is 4.90 Å². The van der Waals surface area contributed by atoms with E-state index in [0.29, 0.717) is 30.3 Å². The number of aryl methyl sites for hydroxylation is 1. The molecule has 3 aliphatic rings.